The van der Waals surface area contributed by atoms with Crippen molar-refractivity contribution in [3.63, 3.8) is 0 Å². The third-order valence-corrected chi connectivity index (χ3v) is 3.50. The molecular weight excluding hydrogens is 371 g/mol. The van der Waals surface area contributed by atoms with Crippen molar-refractivity contribution in [3.05, 3.63) is 58.6 Å². The third kappa shape index (κ3) is 5.22. The maximum Gasteiger partial charge on any atom is 0.417 e. The van der Waals surface area contributed by atoms with E-state index in [-0.39, 0.29) is 5.69 Å². The number of nitriles is 1. The number of carbonyl (C=O) groups is 2. The Bertz CT molecular complexity index is 874. The molecule has 0 fully saturated rings. The van der Waals surface area contributed by atoms with Gasteiger partial charge in [-0.3, -0.25) is 9.59 Å². The van der Waals surface area contributed by atoms with Crippen molar-refractivity contribution in [2.24, 2.45) is 0 Å². The Hall–Kier alpha value is -3.05. The number of anilines is 2. The van der Waals surface area contributed by atoms with Crippen molar-refractivity contribution in [2.75, 3.05) is 10.6 Å². The maximum absolute atomic E-state index is 12.8. The Morgan fingerprint density at radius 3 is 2.08 bits per heavy atom. The third-order valence-electron chi connectivity index (χ3n) is 3.17. The van der Waals surface area contributed by atoms with E-state index in [4.69, 9.17) is 16.9 Å². The summed E-state index contributed by atoms with van der Waals surface area (Å²) in [5.41, 5.74) is -0.423. The monoisotopic (exact) mass is 381 g/mol. The highest BCUT2D eigenvalue weighted by molar-refractivity contribution is 6.31. The van der Waals surface area contributed by atoms with Crippen LogP contribution in [0, 0.1) is 11.3 Å². The molecule has 0 aliphatic rings. The van der Waals surface area contributed by atoms with Crippen LogP contribution in [0.25, 0.3) is 0 Å². The molecule has 0 saturated carbocycles. The van der Waals surface area contributed by atoms with E-state index in [1.165, 1.54) is 30.3 Å². The molecule has 2 amide bonds. The highest BCUT2D eigenvalue weighted by Crippen LogP contribution is 2.36. The molecule has 0 unspecified atom stereocenters. The molecule has 2 N–H and O–H groups in total. The van der Waals surface area contributed by atoms with Gasteiger partial charge in [-0.2, -0.15) is 18.4 Å². The number of nitrogens with zero attached hydrogens (tertiary/aromatic N) is 1. The minimum atomic E-state index is -4.66. The van der Waals surface area contributed by atoms with E-state index < -0.39 is 35.0 Å². The van der Waals surface area contributed by atoms with E-state index in [1.807, 2.05) is 6.07 Å². The van der Waals surface area contributed by atoms with Gasteiger partial charge >= 0.3 is 6.18 Å². The fourth-order valence-electron chi connectivity index (χ4n) is 2.00. The van der Waals surface area contributed by atoms with Crippen molar-refractivity contribution >= 4 is 34.8 Å². The fourth-order valence-corrected chi connectivity index (χ4v) is 2.23. The molecule has 5 nitrogen and oxygen atoms in total. The standard InChI is InChI=1S/C17H11ClF3N3O2/c18-14-6-5-12(7-13(14)17(19,20)21)24-16(26)8-15(25)23-11-3-1-10(9-22)2-4-11/h1-7H,8H2,(H,23,25)(H,24,26). The Kier molecular flexibility index (Phi) is 5.85. The number of alkyl halides is 3. The molecule has 2 aromatic carbocycles. The summed E-state index contributed by atoms with van der Waals surface area (Å²) in [6, 6.07) is 10.8. The van der Waals surface area contributed by atoms with Crippen LogP contribution in [0.15, 0.2) is 42.5 Å². The van der Waals surface area contributed by atoms with Gasteiger partial charge in [-0.05, 0) is 42.5 Å². The summed E-state index contributed by atoms with van der Waals surface area (Å²) in [6.07, 6.45) is -5.26. The Labute approximate surface area is 151 Å². The molecule has 0 radical (unpaired) electrons. The predicted octanol–water partition coefficient (Wildman–Crippen LogP) is 4.20. The number of hydrogen-bond donors (Lipinski definition) is 2. The number of nitrogens with one attached hydrogen (secondary N) is 2. The first-order chi connectivity index (χ1) is 12.2. The Morgan fingerprint density at radius 2 is 1.54 bits per heavy atom. The van der Waals surface area contributed by atoms with Crippen LogP contribution in [0.4, 0.5) is 24.5 Å². The normalized spacial score (nSPS) is 10.7. The number of benzene rings is 2. The summed E-state index contributed by atoms with van der Waals surface area (Å²) in [4.78, 5) is 23.6. The summed E-state index contributed by atoms with van der Waals surface area (Å²) in [5, 5.41) is 12.9. The molecule has 0 spiro atoms. The van der Waals surface area contributed by atoms with Gasteiger partial charge in [-0.25, -0.2) is 0 Å². The molecule has 0 saturated heterocycles. The number of hydrogen-bond acceptors (Lipinski definition) is 3. The zero-order valence-corrected chi connectivity index (χ0v) is 13.8. The highest BCUT2D eigenvalue weighted by Gasteiger charge is 2.33. The Morgan fingerprint density at radius 1 is 1.00 bits per heavy atom. The molecule has 0 bridgehead atoms. The summed E-state index contributed by atoms with van der Waals surface area (Å²) in [7, 11) is 0. The summed E-state index contributed by atoms with van der Waals surface area (Å²) < 4.78 is 38.4. The SMILES string of the molecule is N#Cc1ccc(NC(=O)CC(=O)Nc2ccc(Cl)c(C(F)(F)F)c2)cc1. The lowest BCUT2D eigenvalue weighted by Crippen LogP contribution is -2.21. The average molecular weight is 382 g/mol. The van der Waals surface area contributed by atoms with Gasteiger partial charge < -0.3 is 10.6 Å². The van der Waals surface area contributed by atoms with E-state index >= 15 is 0 Å². The lowest BCUT2D eigenvalue weighted by atomic mass is 10.2. The molecule has 0 aliphatic heterocycles. The average Bonchev–Trinajstić information content (AvgIpc) is 2.56. The first-order valence-corrected chi connectivity index (χ1v) is 7.53. The van der Waals surface area contributed by atoms with Crippen LogP contribution >= 0.6 is 11.6 Å². The van der Waals surface area contributed by atoms with Gasteiger partial charge in [-0.15, -0.1) is 0 Å². The van der Waals surface area contributed by atoms with Gasteiger partial charge in [0.15, 0.2) is 0 Å². The molecule has 0 heterocycles. The van der Waals surface area contributed by atoms with Gasteiger partial charge in [0.05, 0.1) is 22.2 Å². The molecule has 2 rings (SSSR count). The summed E-state index contributed by atoms with van der Waals surface area (Å²) >= 11 is 5.50. The topological polar surface area (TPSA) is 82.0 Å². The van der Waals surface area contributed by atoms with E-state index in [2.05, 4.69) is 10.6 Å². The smallest absolute Gasteiger partial charge is 0.326 e. The first kappa shape index (κ1) is 19.3. The maximum atomic E-state index is 12.8. The van der Waals surface area contributed by atoms with Crippen LogP contribution in [0.5, 0.6) is 0 Å². The van der Waals surface area contributed by atoms with Crippen LogP contribution in [-0.4, -0.2) is 11.8 Å². The zero-order valence-electron chi connectivity index (χ0n) is 13.0. The van der Waals surface area contributed by atoms with Gasteiger partial charge in [-0.1, -0.05) is 11.6 Å². The zero-order chi connectivity index (χ0) is 19.3. The van der Waals surface area contributed by atoms with Crippen LogP contribution in [0.2, 0.25) is 5.02 Å². The van der Waals surface area contributed by atoms with E-state index in [9.17, 15) is 22.8 Å². The second-order valence-electron chi connectivity index (χ2n) is 5.15. The van der Waals surface area contributed by atoms with Crippen molar-refractivity contribution < 1.29 is 22.8 Å². The number of carbonyl (C=O) groups excluding carboxylic acids is 2. The minimum absolute atomic E-state index is 0.127. The number of rotatable bonds is 4. The molecule has 2 aromatic rings. The molecule has 0 aliphatic carbocycles. The largest absolute Gasteiger partial charge is 0.417 e. The van der Waals surface area contributed by atoms with Gasteiger partial charge in [0, 0.05) is 11.4 Å². The van der Waals surface area contributed by atoms with Crippen molar-refractivity contribution in [2.45, 2.75) is 12.6 Å². The van der Waals surface area contributed by atoms with E-state index in [0.717, 1.165) is 6.07 Å². The molecule has 0 atom stereocenters. The molecule has 0 aromatic heterocycles. The van der Waals surface area contributed by atoms with Gasteiger partial charge in [0.2, 0.25) is 11.8 Å². The van der Waals surface area contributed by atoms with Crippen molar-refractivity contribution in [1.82, 2.24) is 0 Å². The first-order valence-electron chi connectivity index (χ1n) is 7.15. The quantitative estimate of drug-likeness (QED) is 0.779. The molecule has 26 heavy (non-hydrogen) atoms. The van der Waals surface area contributed by atoms with Crippen molar-refractivity contribution in [1.29, 1.82) is 5.26 Å². The summed E-state index contributed by atoms with van der Waals surface area (Å²) in [5.74, 6) is -1.44. The minimum Gasteiger partial charge on any atom is -0.326 e. The van der Waals surface area contributed by atoms with Gasteiger partial charge in [0.25, 0.3) is 0 Å². The predicted molar refractivity (Wildman–Crippen MR) is 89.5 cm³/mol. The van der Waals surface area contributed by atoms with Gasteiger partial charge in [0.1, 0.15) is 6.42 Å². The molecular formula is C17H11ClF3N3O2. The lowest BCUT2D eigenvalue weighted by Gasteiger charge is -2.12. The van der Waals surface area contributed by atoms with Crippen molar-refractivity contribution in [3.8, 4) is 6.07 Å². The molecule has 134 valence electrons. The highest BCUT2D eigenvalue weighted by atomic mass is 35.5. The van der Waals surface area contributed by atoms with Crippen LogP contribution in [0.1, 0.15) is 17.5 Å². The fraction of sp³-hybridized carbons (Fsp3) is 0.118. The second kappa shape index (κ2) is 7.89. The van der Waals surface area contributed by atoms with Crippen LogP contribution in [-0.2, 0) is 15.8 Å². The second-order valence-corrected chi connectivity index (χ2v) is 5.56. The Balaban J connectivity index is 1.97. The lowest BCUT2D eigenvalue weighted by molar-refractivity contribution is -0.137. The van der Waals surface area contributed by atoms with E-state index in [0.29, 0.717) is 17.3 Å². The van der Waals surface area contributed by atoms with E-state index in [1.54, 1.807) is 0 Å². The van der Waals surface area contributed by atoms with Crippen LogP contribution in [0.3, 0.4) is 0 Å². The molecule has 9 heteroatoms. The number of halogens is 4. The number of amides is 2. The summed E-state index contributed by atoms with van der Waals surface area (Å²) in [6.45, 7) is 0. The van der Waals surface area contributed by atoms with Crippen LogP contribution < -0.4 is 10.6 Å².